The summed E-state index contributed by atoms with van der Waals surface area (Å²) in [5.74, 6) is -1.86. The van der Waals surface area contributed by atoms with Crippen LogP contribution in [0.4, 0.5) is 14.5 Å². The van der Waals surface area contributed by atoms with Crippen molar-refractivity contribution in [2.45, 2.75) is 13.3 Å². The van der Waals surface area contributed by atoms with Crippen molar-refractivity contribution in [3.63, 3.8) is 0 Å². The van der Waals surface area contributed by atoms with E-state index in [0.29, 0.717) is 0 Å². The second-order valence-electron chi connectivity index (χ2n) is 3.27. The Hall–Kier alpha value is -1.56. The van der Waals surface area contributed by atoms with E-state index in [2.05, 4.69) is 17.5 Å². The number of rotatable bonds is 3. The second kappa shape index (κ2) is 4.98. The lowest BCUT2D eigenvalue weighted by Gasteiger charge is -2.07. The van der Waals surface area contributed by atoms with Crippen molar-refractivity contribution in [1.29, 1.82) is 0 Å². The van der Waals surface area contributed by atoms with Gasteiger partial charge >= 0.3 is 0 Å². The van der Waals surface area contributed by atoms with E-state index in [-0.39, 0.29) is 22.7 Å². The summed E-state index contributed by atoms with van der Waals surface area (Å²) in [5.41, 5.74) is 5.09. The van der Waals surface area contributed by atoms with Gasteiger partial charge in [0.25, 0.3) is 0 Å². The van der Waals surface area contributed by atoms with E-state index in [9.17, 15) is 13.6 Å². The summed E-state index contributed by atoms with van der Waals surface area (Å²) in [6.07, 6.45) is -0.204. The molecular weight excluding hydrogens is 234 g/mol. The fourth-order valence-corrected chi connectivity index (χ4v) is 1.23. The minimum Gasteiger partial charge on any atom is -0.393 e. The molecule has 0 aromatic heterocycles. The maximum Gasteiger partial charge on any atom is 0.231 e. The zero-order valence-corrected chi connectivity index (χ0v) is 9.33. The second-order valence-corrected chi connectivity index (χ2v) is 3.80. The van der Waals surface area contributed by atoms with Crippen molar-refractivity contribution < 1.29 is 13.6 Å². The fraction of sp³-hybridized carbons (Fsp3) is 0.200. The topological polar surface area (TPSA) is 55.1 Å². The highest BCUT2D eigenvalue weighted by atomic mass is 32.1. The van der Waals surface area contributed by atoms with Gasteiger partial charge in [-0.05, 0) is 18.6 Å². The van der Waals surface area contributed by atoms with Gasteiger partial charge in [-0.25, -0.2) is 8.78 Å². The minimum atomic E-state index is -0.699. The van der Waals surface area contributed by atoms with Crippen LogP contribution in [0.15, 0.2) is 12.1 Å². The molecule has 0 bridgehead atoms. The van der Waals surface area contributed by atoms with Gasteiger partial charge in [-0.1, -0.05) is 12.2 Å². The Labute approximate surface area is 96.6 Å². The van der Waals surface area contributed by atoms with Crippen LogP contribution in [-0.2, 0) is 4.79 Å². The molecular formula is C10H10F2N2OS. The summed E-state index contributed by atoms with van der Waals surface area (Å²) in [5, 5.41) is 2.19. The molecule has 0 aliphatic heterocycles. The molecule has 1 amide bonds. The molecule has 0 atom stereocenters. The molecule has 1 aromatic carbocycles. The number of anilines is 1. The highest BCUT2D eigenvalue weighted by molar-refractivity contribution is 7.80. The van der Waals surface area contributed by atoms with E-state index < -0.39 is 17.5 Å². The molecule has 0 saturated heterocycles. The standard InChI is InChI=1S/C10H10F2N2OS/c1-5-2-7(12)8(3-6(5)11)14-10(15)4-9(13)16/h2-3H,4H2,1H3,(H2,13,16)(H,14,15). The monoisotopic (exact) mass is 244 g/mol. The van der Waals surface area contributed by atoms with Gasteiger partial charge in [0.2, 0.25) is 5.91 Å². The lowest BCUT2D eigenvalue weighted by molar-refractivity contribution is -0.115. The van der Waals surface area contributed by atoms with Crippen LogP contribution in [0, 0.1) is 18.6 Å². The van der Waals surface area contributed by atoms with Crippen LogP contribution in [-0.4, -0.2) is 10.9 Å². The molecule has 1 aromatic rings. The van der Waals surface area contributed by atoms with Gasteiger partial charge in [0.15, 0.2) is 0 Å². The normalized spacial score (nSPS) is 9.94. The van der Waals surface area contributed by atoms with Crippen LogP contribution in [0.1, 0.15) is 12.0 Å². The van der Waals surface area contributed by atoms with Crippen molar-refractivity contribution in [3.8, 4) is 0 Å². The van der Waals surface area contributed by atoms with Gasteiger partial charge < -0.3 is 11.1 Å². The number of benzene rings is 1. The average molecular weight is 244 g/mol. The number of amides is 1. The van der Waals surface area contributed by atoms with Crippen molar-refractivity contribution in [2.75, 3.05) is 5.32 Å². The summed E-state index contributed by atoms with van der Waals surface area (Å²) in [6.45, 7) is 1.43. The zero-order chi connectivity index (χ0) is 12.3. The summed E-state index contributed by atoms with van der Waals surface area (Å²) < 4.78 is 26.4. The van der Waals surface area contributed by atoms with E-state index >= 15 is 0 Å². The van der Waals surface area contributed by atoms with Gasteiger partial charge in [0.1, 0.15) is 11.6 Å². The summed E-state index contributed by atoms with van der Waals surface area (Å²) in [4.78, 5) is 11.2. The van der Waals surface area contributed by atoms with Crippen molar-refractivity contribution in [2.24, 2.45) is 5.73 Å². The molecule has 0 heterocycles. The summed E-state index contributed by atoms with van der Waals surface area (Å²) in [6, 6.07) is 1.92. The first kappa shape index (κ1) is 12.5. The van der Waals surface area contributed by atoms with Crippen LogP contribution in [0.2, 0.25) is 0 Å². The third-order valence-corrected chi connectivity index (χ3v) is 2.00. The molecule has 0 aliphatic rings. The molecule has 3 nitrogen and oxygen atoms in total. The Bertz CT molecular complexity index is 449. The maximum atomic E-state index is 13.3. The minimum absolute atomic E-state index is 0.00880. The highest BCUT2D eigenvalue weighted by Crippen LogP contribution is 2.18. The lowest BCUT2D eigenvalue weighted by atomic mass is 10.2. The SMILES string of the molecule is Cc1cc(F)c(NC(=O)CC(N)=S)cc1F. The fourth-order valence-electron chi connectivity index (χ4n) is 1.09. The first-order chi connectivity index (χ1) is 7.40. The molecule has 0 radical (unpaired) electrons. The van der Waals surface area contributed by atoms with Crippen LogP contribution in [0.3, 0.4) is 0 Å². The highest BCUT2D eigenvalue weighted by Gasteiger charge is 2.10. The van der Waals surface area contributed by atoms with Gasteiger partial charge in [0.05, 0.1) is 17.1 Å². The lowest BCUT2D eigenvalue weighted by Crippen LogP contribution is -2.20. The Morgan fingerprint density at radius 2 is 2.06 bits per heavy atom. The summed E-state index contributed by atoms with van der Waals surface area (Å²) in [7, 11) is 0. The Morgan fingerprint density at radius 1 is 1.44 bits per heavy atom. The van der Waals surface area contributed by atoms with Gasteiger partial charge in [-0.2, -0.15) is 0 Å². The summed E-state index contributed by atoms with van der Waals surface area (Å²) >= 11 is 4.52. The number of carbonyl (C=O) groups is 1. The van der Waals surface area contributed by atoms with E-state index in [1.54, 1.807) is 0 Å². The smallest absolute Gasteiger partial charge is 0.231 e. The van der Waals surface area contributed by atoms with E-state index in [0.717, 1.165) is 12.1 Å². The number of nitrogens with one attached hydrogen (secondary N) is 1. The van der Waals surface area contributed by atoms with Crippen LogP contribution in [0.25, 0.3) is 0 Å². The number of nitrogens with two attached hydrogens (primary N) is 1. The number of hydrogen-bond donors (Lipinski definition) is 2. The Kier molecular flexibility index (Phi) is 3.89. The molecule has 0 spiro atoms. The Balaban J connectivity index is 2.85. The van der Waals surface area contributed by atoms with Crippen molar-refractivity contribution >= 4 is 28.8 Å². The van der Waals surface area contributed by atoms with Gasteiger partial charge in [-0.3, -0.25) is 4.79 Å². The van der Waals surface area contributed by atoms with Gasteiger partial charge in [-0.15, -0.1) is 0 Å². The van der Waals surface area contributed by atoms with Crippen LogP contribution >= 0.6 is 12.2 Å². The first-order valence-corrected chi connectivity index (χ1v) is 4.84. The van der Waals surface area contributed by atoms with Crippen molar-refractivity contribution in [3.05, 3.63) is 29.3 Å². The van der Waals surface area contributed by atoms with E-state index in [1.807, 2.05) is 0 Å². The molecule has 1 rings (SSSR count). The third kappa shape index (κ3) is 3.23. The first-order valence-electron chi connectivity index (χ1n) is 4.44. The molecule has 0 unspecified atom stereocenters. The largest absolute Gasteiger partial charge is 0.393 e. The predicted molar refractivity (Wildman–Crippen MR) is 61.1 cm³/mol. The molecule has 3 N–H and O–H groups in total. The van der Waals surface area contributed by atoms with Crippen LogP contribution in [0.5, 0.6) is 0 Å². The van der Waals surface area contributed by atoms with E-state index in [1.165, 1.54) is 6.92 Å². The molecule has 86 valence electrons. The van der Waals surface area contributed by atoms with Crippen molar-refractivity contribution in [1.82, 2.24) is 0 Å². The molecule has 0 saturated carbocycles. The zero-order valence-electron chi connectivity index (χ0n) is 8.51. The Morgan fingerprint density at radius 3 is 2.62 bits per heavy atom. The van der Waals surface area contributed by atoms with Crippen LogP contribution < -0.4 is 11.1 Å². The third-order valence-electron chi connectivity index (χ3n) is 1.86. The molecule has 16 heavy (non-hydrogen) atoms. The number of hydrogen-bond acceptors (Lipinski definition) is 2. The number of thiocarbonyl (C=S) groups is 1. The molecule has 0 aliphatic carbocycles. The molecule has 0 fully saturated rings. The maximum absolute atomic E-state index is 13.3. The number of carbonyl (C=O) groups excluding carboxylic acids is 1. The average Bonchev–Trinajstić information content (AvgIpc) is 2.12. The number of aryl methyl sites for hydroxylation is 1. The number of halogens is 2. The van der Waals surface area contributed by atoms with Gasteiger partial charge in [0, 0.05) is 6.07 Å². The molecule has 6 heteroatoms. The predicted octanol–water partition coefficient (Wildman–Crippen LogP) is 1.89. The van der Waals surface area contributed by atoms with E-state index in [4.69, 9.17) is 5.73 Å². The quantitative estimate of drug-likeness (QED) is 0.798.